The minimum Gasteiger partial charge on any atom is -0.356 e. The molecule has 0 radical (unpaired) electrons. The zero-order valence-corrected chi connectivity index (χ0v) is 10.4. The first-order valence-corrected chi connectivity index (χ1v) is 7.11. The molecule has 0 spiro atoms. The van der Waals surface area contributed by atoms with E-state index in [0.29, 0.717) is 6.42 Å². The molecule has 1 saturated carbocycles. The molecule has 1 N–H and O–H groups in total. The molecule has 0 bridgehead atoms. The van der Waals surface area contributed by atoms with Gasteiger partial charge in [0.25, 0.3) is 0 Å². The van der Waals surface area contributed by atoms with Crippen molar-refractivity contribution < 1.29 is 4.79 Å². The molecule has 0 aromatic rings. The standard InChI is InChI=1S/C10H19NOS2/c1-14-6-2-5-11-9(12)7-10(8-13)3-4-10/h13H,2-8H2,1H3,(H,11,12). The van der Waals surface area contributed by atoms with Crippen molar-refractivity contribution in [1.29, 1.82) is 0 Å². The maximum atomic E-state index is 11.5. The Morgan fingerprint density at radius 3 is 2.79 bits per heavy atom. The van der Waals surface area contributed by atoms with Crippen molar-refractivity contribution in [3.8, 4) is 0 Å². The van der Waals surface area contributed by atoms with Crippen molar-refractivity contribution in [3.05, 3.63) is 0 Å². The molecule has 1 fully saturated rings. The van der Waals surface area contributed by atoms with E-state index < -0.39 is 0 Å². The Morgan fingerprint density at radius 2 is 2.29 bits per heavy atom. The molecule has 1 aliphatic carbocycles. The molecule has 1 aliphatic rings. The van der Waals surface area contributed by atoms with Gasteiger partial charge in [0.15, 0.2) is 0 Å². The predicted octanol–water partition coefficient (Wildman–Crippen LogP) is 1.96. The molecule has 14 heavy (non-hydrogen) atoms. The summed E-state index contributed by atoms with van der Waals surface area (Å²) in [5.41, 5.74) is 0.257. The second-order valence-electron chi connectivity index (χ2n) is 4.03. The van der Waals surface area contributed by atoms with Gasteiger partial charge in [0, 0.05) is 13.0 Å². The van der Waals surface area contributed by atoms with Crippen LogP contribution in [0.2, 0.25) is 0 Å². The normalized spacial score (nSPS) is 17.9. The van der Waals surface area contributed by atoms with Crippen LogP contribution in [0, 0.1) is 5.41 Å². The van der Waals surface area contributed by atoms with Crippen molar-refractivity contribution >= 4 is 30.3 Å². The summed E-state index contributed by atoms with van der Waals surface area (Å²) in [5, 5.41) is 2.96. The summed E-state index contributed by atoms with van der Waals surface area (Å²) >= 11 is 6.10. The Morgan fingerprint density at radius 1 is 1.57 bits per heavy atom. The highest BCUT2D eigenvalue weighted by atomic mass is 32.2. The van der Waals surface area contributed by atoms with Gasteiger partial charge in [-0.05, 0) is 42.4 Å². The second kappa shape index (κ2) is 5.91. The number of rotatable bonds is 7. The van der Waals surface area contributed by atoms with E-state index >= 15 is 0 Å². The first kappa shape index (κ1) is 12.2. The van der Waals surface area contributed by atoms with Crippen LogP contribution in [-0.4, -0.2) is 30.2 Å². The first-order chi connectivity index (χ1) is 6.72. The molecule has 1 rings (SSSR count). The van der Waals surface area contributed by atoms with Crippen molar-refractivity contribution in [1.82, 2.24) is 5.32 Å². The van der Waals surface area contributed by atoms with E-state index in [9.17, 15) is 4.79 Å². The van der Waals surface area contributed by atoms with Crippen LogP contribution in [0.4, 0.5) is 0 Å². The maximum absolute atomic E-state index is 11.5. The van der Waals surface area contributed by atoms with Gasteiger partial charge < -0.3 is 5.32 Å². The van der Waals surface area contributed by atoms with Gasteiger partial charge in [0.1, 0.15) is 0 Å². The molecular weight excluding hydrogens is 214 g/mol. The minimum atomic E-state index is 0.206. The average molecular weight is 233 g/mol. The van der Waals surface area contributed by atoms with E-state index in [1.54, 1.807) is 0 Å². The van der Waals surface area contributed by atoms with Crippen molar-refractivity contribution in [2.45, 2.75) is 25.7 Å². The van der Waals surface area contributed by atoms with Crippen molar-refractivity contribution in [2.24, 2.45) is 5.41 Å². The zero-order chi connectivity index (χ0) is 10.4. The number of hydrogen-bond acceptors (Lipinski definition) is 3. The molecule has 0 heterocycles. The molecule has 0 unspecified atom stereocenters. The third-order valence-electron chi connectivity index (χ3n) is 2.68. The Labute approximate surface area is 96.0 Å². The third kappa shape index (κ3) is 4.13. The van der Waals surface area contributed by atoms with Gasteiger partial charge in [-0.1, -0.05) is 0 Å². The largest absolute Gasteiger partial charge is 0.356 e. The summed E-state index contributed by atoms with van der Waals surface area (Å²) in [6.07, 6.45) is 6.18. The molecule has 1 amide bonds. The van der Waals surface area contributed by atoms with Gasteiger partial charge in [0.05, 0.1) is 0 Å². The molecule has 0 aromatic carbocycles. The van der Waals surface area contributed by atoms with Crippen LogP contribution < -0.4 is 5.32 Å². The van der Waals surface area contributed by atoms with Crippen molar-refractivity contribution in [2.75, 3.05) is 24.3 Å². The number of carbonyl (C=O) groups excluding carboxylic acids is 1. The Hall–Kier alpha value is 0.170. The SMILES string of the molecule is CSCCCNC(=O)CC1(CS)CC1. The van der Waals surface area contributed by atoms with Gasteiger partial charge >= 0.3 is 0 Å². The molecule has 4 heteroatoms. The highest BCUT2D eigenvalue weighted by Gasteiger charge is 2.42. The number of carbonyl (C=O) groups is 1. The lowest BCUT2D eigenvalue weighted by Crippen LogP contribution is -2.27. The molecule has 0 aliphatic heterocycles. The Balaban J connectivity index is 2.04. The maximum Gasteiger partial charge on any atom is 0.220 e. The van der Waals surface area contributed by atoms with E-state index in [1.807, 2.05) is 11.8 Å². The van der Waals surface area contributed by atoms with E-state index in [4.69, 9.17) is 0 Å². The summed E-state index contributed by atoms with van der Waals surface area (Å²) in [6, 6.07) is 0. The summed E-state index contributed by atoms with van der Waals surface area (Å²) in [4.78, 5) is 11.5. The van der Waals surface area contributed by atoms with Gasteiger partial charge in [0.2, 0.25) is 5.91 Å². The molecule has 0 aromatic heterocycles. The fraction of sp³-hybridized carbons (Fsp3) is 0.900. The van der Waals surface area contributed by atoms with Crippen LogP contribution in [0.15, 0.2) is 0 Å². The number of hydrogen-bond donors (Lipinski definition) is 2. The number of thioether (sulfide) groups is 1. The average Bonchev–Trinajstić information content (AvgIpc) is 2.93. The zero-order valence-electron chi connectivity index (χ0n) is 8.71. The fourth-order valence-corrected chi connectivity index (χ4v) is 2.28. The topological polar surface area (TPSA) is 29.1 Å². The summed E-state index contributed by atoms with van der Waals surface area (Å²) in [7, 11) is 0. The number of thiol groups is 1. The smallest absolute Gasteiger partial charge is 0.220 e. The Kier molecular flexibility index (Phi) is 5.17. The first-order valence-electron chi connectivity index (χ1n) is 5.09. The molecule has 0 atom stereocenters. The third-order valence-corrected chi connectivity index (χ3v) is 4.04. The van der Waals surface area contributed by atoms with E-state index in [0.717, 1.165) is 24.5 Å². The summed E-state index contributed by atoms with van der Waals surface area (Å²) in [6.45, 7) is 0.822. The summed E-state index contributed by atoms with van der Waals surface area (Å²) < 4.78 is 0. The van der Waals surface area contributed by atoms with Gasteiger partial charge in [-0.25, -0.2) is 0 Å². The highest BCUT2D eigenvalue weighted by Crippen LogP contribution is 2.49. The van der Waals surface area contributed by atoms with Crippen molar-refractivity contribution in [3.63, 3.8) is 0 Å². The number of amides is 1. The molecule has 2 nitrogen and oxygen atoms in total. The van der Waals surface area contributed by atoms with E-state index in [-0.39, 0.29) is 11.3 Å². The molecule has 82 valence electrons. The van der Waals surface area contributed by atoms with E-state index in [2.05, 4.69) is 24.2 Å². The highest BCUT2D eigenvalue weighted by molar-refractivity contribution is 7.98. The minimum absolute atomic E-state index is 0.206. The summed E-state index contributed by atoms with van der Waals surface area (Å²) in [5.74, 6) is 2.18. The second-order valence-corrected chi connectivity index (χ2v) is 5.33. The lowest BCUT2D eigenvalue weighted by molar-refractivity contribution is -0.122. The van der Waals surface area contributed by atoms with Crippen LogP contribution in [0.5, 0.6) is 0 Å². The number of nitrogens with one attached hydrogen (secondary N) is 1. The quantitative estimate of drug-likeness (QED) is 0.520. The van der Waals surface area contributed by atoms with Gasteiger partial charge in [-0.3, -0.25) is 4.79 Å². The van der Waals surface area contributed by atoms with Crippen LogP contribution in [0.1, 0.15) is 25.7 Å². The monoisotopic (exact) mass is 233 g/mol. The van der Waals surface area contributed by atoms with Crippen LogP contribution in [0.3, 0.4) is 0 Å². The van der Waals surface area contributed by atoms with Gasteiger partial charge in [-0.2, -0.15) is 24.4 Å². The lowest BCUT2D eigenvalue weighted by atomic mass is 10.1. The van der Waals surface area contributed by atoms with Crippen LogP contribution >= 0.6 is 24.4 Å². The van der Waals surface area contributed by atoms with Crippen LogP contribution in [0.25, 0.3) is 0 Å². The lowest BCUT2D eigenvalue weighted by Gasteiger charge is -2.11. The predicted molar refractivity (Wildman–Crippen MR) is 66.1 cm³/mol. The fourth-order valence-electron chi connectivity index (χ4n) is 1.41. The molecule has 0 saturated heterocycles. The van der Waals surface area contributed by atoms with E-state index in [1.165, 1.54) is 12.8 Å². The Bertz CT molecular complexity index is 193. The van der Waals surface area contributed by atoms with Gasteiger partial charge in [-0.15, -0.1) is 0 Å². The van der Waals surface area contributed by atoms with Crippen LogP contribution in [-0.2, 0) is 4.79 Å². The molecular formula is C10H19NOS2.